The van der Waals surface area contributed by atoms with E-state index in [1.807, 2.05) is 18.2 Å². The molecule has 1 saturated carbocycles. The summed E-state index contributed by atoms with van der Waals surface area (Å²) in [5.74, 6) is 1.20. The van der Waals surface area contributed by atoms with Gasteiger partial charge < -0.3 is 9.88 Å². The third-order valence-corrected chi connectivity index (χ3v) is 5.30. The Hall–Kier alpha value is -2.67. The van der Waals surface area contributed by atoms with Gasteiger partial charge in [-0.05, 0) is 42.7 Å². The second kappa shape index (κ2) is 7.92. The zero-order chi connectivity index (χ0) is 18.6. The van der Waals surface area contributed by atoms with Crippen molar-refractivity contribution in [3.05, 3.63) is 71.8 Å². The molecule has 27 heavy (non-hydrogen) atoms. The Morgan fingerprint density at radius 2 is 1.85 bits per heavy atom. The van der Waals surface area contributed by atoms with Crippen LogP contribution in [0.25, 0.3) is 0 Å². The van der Waals surface area contributed by atoms with Crippen molar-refractivity contribution in [1.82, 2.24) is 14.8 Å². The zero-order valence-corrected chi connectivity index (χ0v) is 15.5. The third-order valence-electron chi connectivity index (χ3n) is 4.33. The molecule has 0 unspecified atom stereocenters. The third kappa shape index (κ3) is 4.54. The summed E-state index contributed by atoms with van der Waals surface area (Å²) >= 11 is 1.37. The molecule has 1 amide bonds. The Morgan fingerprint density at radius 1 is 1.11 bits per heavy atom. The molecule has 1 aliphatic carbocycles. The molecule has 0 radical (unpaired) electrons. The van der Waals surface area contributed by atoms with E-state index in [-0.39, 0.29) is 17.5 Å². The van der Waals surface area contributed by atoms with Crippen molar-refractivity contribution in [3.8, 4) is 0 Å². The highest BCUT2D eigenvalue weighted by atomic mass is 32.2. The van der Waals surface area contributed by atoms with Crippen LogP contribution in [0.3, 0.4) is 0 Å². The number of anilines is 1. The first kappa shape index (κ1) is 17.7. The van der Waals surface area contributed by atoms with Gasteiger partial charge in [0.15, 0.2) is 5.16 Å². The Labute approximate surface area is 161 Å². The lowest BCUT2D eigenvalue weighted by molar-refractivity contribution is -0.113. The van der Waals surface area contributed by atoms with Crippen LogP contribution in [0.2, 0.25) is 0 Å². The van der Waals surface area contributed by atoms with Crippen LogP contribution in [-0.2, 0) is 11.3 Å². The summed E-state index contributed by atoms with van der Waals surface area (Å²) in [5, 5.41) is 12.2. The Morgan fingerprint density at radius 3 is 2.56 bits per heavy atom. The number of carbonyl (C=O) groups is 1. The number of thioether (sulfide) groups is 1. The van der Waals surface area contributed by atoms with Gasteiger partial charge in [-0.2, -0.15) is 0 Å². The van der Waals surface area contributed by atoms with Crippen molar-refractivity contribution >= 4 is 23.4 Å². The Kier molecular flexibility index (Phi) is 5.20. The second-order valence-corrected chi connectivity index (χ2v) is 7.47. The predicted octanol–water partition coefficient (Wildman–Crippen LogP) is 4.07. The number of halogens is 1. The van der Waals surface area contributed by atoms with Crippen molar-refractivity contribution in [3.63, 3.8) is 0 Å². The van der Waals surface area contributed by atoms with Crippen LogP contribution in [0.4, 0.5) is 10.1 Å². The highest BCUT2D eigenvalue weighted by molar-refractivity contribution is 7.99. The minimum Gasteiger partial charge on any atom is -0.325 e. The van der Waals surface area contributed by atoms with Gasteiger partial charge in [-0.3, -0.25) is 4.79 Å². The molecular weight excluding hydrogens is 363 g/mol. The van der Waals surface area contributed by atoms with Gasteiger partial charge in [-0.1, -0.05) is 42.1 Å². The van der Waals surface area contributed by atoms with Crippen molar-refractivity contribution in [2.45, 2.75) is 30.5 Å². The maximum atomic E-state index is 13.0. The van der Waals surface area contributed by atoms with Gasteiger partial charge in [-0.25, -0.2) is 4.39 Å². The first-order chi connectivity index (χ1) is 13.2. The molecule has 0 saturated heterocycles. The molecule has 0 spiro atoms. The highest BCUT2D eigenvalue weighted by Crippen LogP contribution is 2.40. The van der Waals surface area contributed by atoms with Crippen molar-refractivity contribution in [2.24, 2.45) is 0 Å². The highest BCUT2D eigenvalue weighted by Gasteiger charge is 2.30. The number of hydrogen-bond donors (Lipinski definition) is 1. The molecule has 1 N–H and O–H groups in total. The van der Waals surface area contributed by atoms with E-state index in [1.165, 1.54) is 29.5 Å². The molecule has 3 aromatic rings. The van der Waals surface area contributed by atoms with Gasteiger partial charge in [0.1, 0.15) is 11.6 Å². The lowest BCUT2D eigenvalue weighted by atomic mass is 10.2. The smallest absolute Gasteiger partial charge is 0.234 e. The summed E-state index contributed by atoms with van der Waals surface area (Å²) < 4.78 is 15.1. The van der Waals surface area contributed by atoms with E-state index in [1.54, 1.807) is 12.1 Å². The number of nitrogens with one attached hydrogen (secondary N) is 1. The van der Waals surface area contributed by atoms with Crippen LogP contribution in [0.5, 0.6) is 0 Å². The molecule has 0 aliphatic heterocycles. The van der Waals surface area contributed by atoms with Crippen molar-refractivity contribution < 1.29 is 9.18 Å². The molecule has 1 fully saturated rings. The van der Waals surface area contributed by atoms with E-state index in [4.69, 9.17) is 0 Å². The Bertz CT molecular complexity index is 923. The summed E-state index contributed by atoms with van der Waals surface area (Å²) in [4.78, 5) is 12.2. The number of benzene rings is 2. The predicted molar refractivity (Wildman–Crippen MR) is 103 cm³/mol. The van der Waals surface area contributed by atoms with Gasteiger partial charge >= 0.3 is 0 Å². The lowest BCUT2D eigenvalue weighted by Gasteiger charge is -2.10. The molecule has 2 aromatic carbocycles. The van der Waals surface area contributed by atoms with E-state index >= 15 is 0 Å². The fourth-order valence-electron chi connectivity index (χ4n) is 2.83. The topological polar surface area (TPSA) is 59.8 Å². The number of rotatable bonds is 7. The SMILES string of the molecule is O=C(CSc1nnc(C2CC2)n1Cc1ccccc1)Nc1ccc(F)cc1. The summed E-state index contributed by atoms with van der Waals surface area (Å²) in [7, 11) is 0. The first-order valence-corrected chi connectivity index (χ1v) is 9.83. The molecule has 1 aliphatic rings. The molecule has 5 nitrogen and oxygen atoms in total. The van der Waals surface area contributed by atoms with Crippen LogP contribution in [0.15, 0.2) is 59.8 Å². The van der Waals surface area contributed by atoms with Gasteiger partial charge in [0.25, 0.3) is 0 Å². The number of aromatic nitrogens is 3. The van der Waals surface area contributed by atoms with Crippen LogP contribution in [0, 0.1) is 5.82 Å². The standard InChI is InChI=1S/C20H19FN4OS/c21-16-8-10-17(11-9-16)22-18(26)13-27-20-24-23-19(15-6-7-15)25(20)12-14-4-2-1-3-5-14/h1-5,8-11,15H,6-7,12-13H2,(H,22,26). The summed E-state index contributed by atoms with van der Waals surface area (Å²) in [6, 6.07) is 15.9. The van der Waals surface area contributed by atoms with Crippen LogP contribution in [-0.4, -0.2) is 26.4 Å². The van der Waals surface area contributed by atoms with E-state index < -0.39 is 0 Å². The fourth-order valence-corrected chi connectivity index (χ4v) is 3.57. The van der Waals surface area contributed by atoms with Crippen LogP contribution >= 0.6 is 11.8 Å². The Balaban J connectivity index is 1.43. The average molecular weight is 382 g/mol. The maximum absolute atomic E-state index is 13.0. The normalized spacial score (nSPS) is 13.5. The number of carbonyl (C=O) groups excluding carboxylic acids is 1. The quantitative estimate of drug-likeness (QED) is 0.626. The molecule has 4 rings (SSSR count). The van der Waals surface area contributed by atoms with Gasteiger partial charge in [0.2, 0.25) is 5.91 Å². The van der Waals surface area contributed by atoms with Crippen molar-refractivity contribution in [2.75, 3.05) is 11.1 Å². The van der Waals surface area contributed by atoms with Gasteiger partial charge in [0, 0.05) is 11.6 Å². The second-order valence-electron chi connectivity index (χ2n) is 6.53. The van der Waals surface area contributed by atoms with E-state index in [9.17, 15) is 9.18 Å². The van der Waals surface area contributed by atoms with Gasteiger partial charge in [0.05, 0.1) is 12.3 Å². The average Bonchev–Trinajstić information content (AvgIpc) is 3.45. The van der Waals surface area contributed by atoms with Gasteiger partial charge in [-0.15, -0.1) is 10.2 Å². The number of hydrogen-bond acceptors (Lipinski definition) is 4. The molecule has 7 heteroatoms. The van der Waals surface area contributed by atoms with Crippen LogP contribution in [0.1, 0.15) is 30.1 Å². The van der Waals surface area contributed by atoms with E-state index in [0.717, 1.165) is 23.8 Å². The molecule has 0 atom stereocenters. The summed E-state index contributed by atoms with van der Waals surface area (Å²) in [6.07, 6.45) is 2.28. The number of nitrogens with zero attached hydrogens (tertiary/aromatic N) is 3. The zero-order valence-electron chi connectivity index (χ0n) is 14.6. The molecule has 1 aromatic heterocycles. The molecule has 1 heterocycles. The lowest BCUT2D eigenvalue weighted by Crippen LogP contribution is -2.15. The van der Waals surface area contributed by atoms with E-state index in [0.29, 0.717) is 18.2 Å². The molecule has 138 valence electrons. The fraction of sp³-hybridized carbons (Fsp3) is 0.250. The summed E-state index contributed by atoms with van der Waals surface area (Å²) in [6.45, 7) is 0.696. The molecule has 0 bridgehead atoms. The molecular formula is C20H19FN4OS. The monoisotopic (exact) mass is 382 g/mol. The largest absolute Gasteiger partial charge is 0.325 e. The van der Waals surface area contributed by atoms with Crippen LogP contribution < -0.4 is 5.32 Å². The summed E-state index contributed by atoms with van der Waals surface area (Å²) in [5.41, 5.74) is 1.75. The first-order valence-electron chi connectivity index (χ1n) is 8.84. The minimum absolute atomic E-state index is 0.158. The number of amides is 1. The van der Waals surface area contributed by atoms with Crippen molar-refractivity contribution in [1.29, 1.82) is 0 Å². The minimum atomic E-state index is -0.330. The van der Waals surface area contributed by atoms with E-state index in [2.05, 4.69) is 32.2 Å². The maximum Gasteiger partial charge on any atom is 0.234 e.